The highest BCUT2D eigenvalue weighted by molar-refractivity contribution is 7.15. The topological polar surface area (TPSA) is 60.5 Å². The van der Waals surface area contributed by atoms with Gasteiger partial charge in [-0.2, -0.15) is 0 Å². The molecule has 0 radical (unpaired) electrons. The molecule has 0 aliphatic carbocycles. The summed E-state index contributed by atoms with van der Waals surface area (Å²) < 4.78 is 10.8. The molecule has 1 unspecified atom stereocenters. The van der Waals surface area contributed by atoms with Crippen molar-refractivity contribution in [2.24, 2.45) is 0 Å². The van der Waals surface area contributed by atoms with E-state index in [2.05, 4.69) is 10.3 Å². The smallest absolute Gasteiger partial charge is 0.266 e. The van der Waals surface area contributed by atoms with Gasteiger partial charge in [-0.25, -0.2) is 4.98 Å². The summed E-state index contributed by atoms with van der Waals surface area (Å²) in [5.41, 5.74) is 2.15. The highest BCUT2D eigenvalue weighted by Crippen LogP contribution is 2.24. The lowest BCUT2D eigenvalue weighted by Gasteiger charge is -2.13. The van der Waals surface area contributed by atoms with Crippen molar-refractivity contribution < 1.29 is 14.3 Å². The van der Waals surface area contributed by atoms with Crippen molar-refractivity contribution >= 4 is 34.0 Å². The molecule has 1 aromatic heterocycles. The number of methoxy groups -OCH3 is 1. The van der Waals surface area contributed by atoms with Crippen LogP contribution in [0.15, 0.2) is 48.7 Å². The van der Waals surface area contributed by atoms with E-state index in [1.165, 1.54) is 11.3 Å². The van der Waals surface area contributed by atoms with Crippen LogP contribution in [0.5, 0.6) is 11.5 Å². The van der Waals surface area contributed by atoms with E-state index in [9.17, 15) is 4.79 Å². The number of halogens is 1. The fourth-order valence-electron chi connectivity index (χ4n) is 2.51. The number of carbonyl (C=O) groups is 1. The third-order valence-electron chi connectivity index (χ3n) is 4.14. The van der Waals surface area contributed by atoms with Crippen LogP contribution in [0, 0.1) is 6.92 Å². The summed E-state index contributed by atoms with van der Waals surface area (Å²) in [6.07, 6.45) is 1.82. The molecule has 0 bridgehead atoms. The first-order valence-electron chi connectivity index (χ1n) is 8.76. The summed E-state index contributed by atoms with van der Waals surface area (Å²) in [6.45, 7) is 3.67. The number of aryl methyl sites for hydroxylation is 1. The van der Waals surface area contributed by atoms with Gasteiger partial charge in [0.2, 0.25) is 0 Å². The molecular weight excluding hydrogens is 396 g/mol. The summed E-state index contributed by atoms with van der Waals surface area (Å²) in [5.74, 6) is 1.07. The highest BCUT2D eigenvalue weighted by atomic mass is 35.5. The molecule has 7 heteroatoms. The van der Waals surface area contributed by atoms with E-state index in [0.717, 1.165) is 26.8 Å². The Labute approximate surface area is 173 Å². The minimum Gasteiger partial charge on any atom is -0.497 e. The van der Waals surface area contributed by atoms with Gasteiger partial charge in [0.15, 0.2) is 11.2 Å². The first-order valence-corrected chi connectivity index (χ1v) is 9.95. The molecule has 1 heterocycles. The largest absolute Gasteiger partial charge is 0.497 e. The Bertz CT molecular complexity index is 957. The van der Waals surface area contributed by atoms with Gasteiger partial charge in [0, 0.05) is 22.5 Å². The predicted molar refractivity (Wildman–Crippen MR) is 113 cm³/mol. The highest BCUT2D eigenvalue weighted by Gasteiger charge is 2.16. The molecule has 3 rings (SSSR count). The Kier molecular flexibility index (Phi) is 6.54. The van der Waals surface area contributed by atoms with Crippen LogP contribution in [-0.4, -0.2) is 24.1 Å². The van der Waals surface area contributed by atoms with Crippen LogP contribution in [0.25, 0.3) is 0 Å². The Balaban J connectivity index is 1.57. The molecule has 1 N–H and O–H groups in total. The molecule has 1 amide bonds. The molecule has 0 saturated heterocycles. The maximum absolute atomic E-state index is 12.4. The van der Waals surface area contributed by atoms with E-state index in [0.29, 0.717) is 17.3 Å². The van der Waals surface area contributed by atoms with Gasteiger partial charge in [0.1, 0.15) is 11.5 Å². The number of benzene rings is 2. The van der Waals surface area contributed by atoms with Crippen LogP contribution in [0.1, 0.15) is 22.9 Å². The molecule has 0 spiro atoms. The van der Waals surface area contributed by atoms with Crippen molar-refractivity contribution in [1.29, 1.82) is 0 Å². The number of nitrogens with zero attached hydrogens (tertiary/aromatic N) is 1. The number of carbonyl (C=O) groups excluding carboxylic acids is 1. The molecule has 1 atom stereocenters. The second kappa shape index (κ2) is 9.08. The van der Waals surface area contributed by atoms with Crippen LogP contribution < -0.4 is 14.8 Å². The SMILES string of the molecule is COc1ccc(OC(C)C(=O)Nc2ncc(Cc3ccc(C)c(Cl)c3)s2)cc1. The quantitative estimate of drug-likeness (QED) is 0.581. The van der Waals surface area contributed by atoms with Gasteiger partial charge in [-0.3, -0.25) is 10.1 Å². The molecule has 146 valence electrons. The van der Waals surface area contributed by atoms with Gasteiger partial charge >= 0.3 is 0 Å². The second-order valence-electron chi connectivity index (χ2n) is 6.32. The van der Waals surface area contributed by atoms with Gasteiger partial charge in [-0.1, -0.05) is 23.7 Å². The maximum atomic E-state index is 12.4. The van der Waals surface area contributed by atoms with Gasteiger partial charge in [-0.15, -0.1) is 11.3 Å². The standard InChI is InChI=1S/C21H21ClN2O3S/c1-13-4-5-15(11-19(13)22)10-18-12-23-21(28-18)24-20(25)14(2)27-17-8-6-16(26-3)7-9-17/h4-9,11-12,14H,10H2,1-3H3,(H,23,24,25). The van der Waals surface area contributed by atoms with Crippen LogP contribution in [0.4, 0.5) is 5.13 Å². The van der Waals surface area contributed by atoms with Gasteiger partial charge < -0.3 is 9.47 Å². The molecule has 28 heavy (non-hydrogen) atoms. The lowest BCUT2D eigenvalue weighted by atomic mass is 10.1. The van der Waals surface area contributed by atoms with Crippen LogP contribution in [0.2, 0.25) is 5.02 Å². The van der Waals surface area contributed by atoms with Crippen molar-refractivity contribution in [2.45, 2.75) is 26.4 Å². The number of hydrogen-bond donors (Lipinski definition) is 1. The first kappa shape index (κ1) is 20.2. The zero-order valence-corrected chi connectivity index (χ0v) is 17.4. The number of thiazole rings is 1. The average molecular weight is 417 g/mol. The van der Waals surface area contributed by atoms with Crippen molar-refractivity contribution in [1.82, 2.24) is 4.98 Å². The molecule has 2 aromatic carbocycles. The number of ether oxygens (including phenoxy) is 2. The van der Waals surface area contributed by atoms with Crippen molar-refractivity contribution in [3.63, 3.8) is 0 Å². The van der Waals surface area contributed by atoms with Gasteiger partial charge in [-0.05, 0) is 55.3 Å². The molecule has 0 aliphatic heterocycles. The number of nitrogens with one attached hydrogen (secondary N) is 1. The minimum atomic E-state index is -0.656. The van der Waals surface area contributed by atoms with Crippen molar-refractivity contribution in [3.05, 3.63) is 69.7 Å². The first-order chi connectivity index (χ1) is 13.4. The Morgan fingerprint density at radius 3 is 2.61 bits per heavy atom. The molecule has 0 saturated carbocycles. The van der Waals surface area contributed by atoms with Crippen molar-refractivity contribution in [3.8, 4) is 11.5 Å². The summed E-state index contributed by atoms with van der Waals surface area (Å²) in [5, 5.41) is 4.10. The van der Waals surface area contributed by atoms with Crippen LogP contribution >= 0.6 is 22.9 Å². The van der Waals surface area contributed by atoms with E-state index in [4.69, 9.17) is 21.1 Å². The Hall–Kier alpha value is -2.57. The third-order valence-corrected chi connectivity index (χ3v) is 5.46. The third kappa shape index (κ3) is 5.24. The van der Waals surface area contributed by atoms with Gasteiger partial charge in [0.05, 0.1) is 7.11 Å². The van der Waals surface area contributed by atoms with Crippen molar-refractivity contribution in [2.75, 3.05) is 12.4 Å². The van der Waals surface area contributed by atoms with E-state index >= 15 is 0 Å². The minimum absolute atomic E-state index is 0.255. The monoisotopic (exact) mass is 416 g/mol. The number of rotatable bonds is 7. The number of hydrogen-bond acceptors (Lipinski definition) is 5. The van der Waals surface area contributed by atoms with Crippen LogP contribution in [0.3, 0.4) is 0 Å². The second-order valence-corrected chi connectivity index (χ2v) is 7.84. The lowest BCUT2D eigenvalue weighted by molar-refractivity contribution is -0.122. The summed E-state index contributed by atoms with van der Waals surface area (Å²) in [7, 11) is 1.60. The Morgan fingerprint density at radius 2 is 1.93 bits per heavy atom. The fraction of sp³-hybridized carbons (Fsp3) is 0.238. The maximum Gasteiger partial charge on any atom is 0.266 e. The van der Waals surface area contributed by atoms with E-state index in [-0.39, 0.29) is 5.91 Å². The zero-order valence-electron chi connectivity index (χ0n) is 15.9. The molecule has 3 aromatic rings. The number of aromatic nitrogens is 1. The lowest BCUT2D eigenvalue weighted by Crippen LogP contribution is -2.30. The normalized spacial score (nSPS) is 11.7. The zero-order chi connectivity index (χ0) is 20.1. The van der Waals surface area contributed by atoms with E-state index in [1.807, 2.05) is 25.1 Å². The molecule has 0 aliphatic rings. The molecule has 5 nitrogen and oxygen atoms in total. The fourth-order valence-corrected chi connectivity index (χ4v) is 3.57. The number of amides is 1. The summed E-state index contributed by atoms with van der Waals surface area (Å²) in [4.78, 5) is 17.7. The predicted octanol–water partition coefficient (Wildman–Crippen LogP) is 5.11. The summed E-state index contributed by atoms with van der Waals surface area (Å²) in [6, 6.07) is 13.1. The average Bonchev–Trinajstić information content (AvgIpc) is 3.12. The molecular formula is C21H21ClN2O3S. The number of anilines is 1. The van der Waals surface area contributed by atoms with E-state index in [1.54, 1.807) is 44.5 Å². The Morgan fingerprint density at radius 1 is 1.21 bits per heavy atom. The van der Waals surface area contributed by atoms with E-state index < -0.39 is 6.10 Å². The summed E-state index contributed by atoms with van der Waals surface area (Å²) >= 11 is 7.62. The van der Waals surface area contributed by atoms with Gasteiger partial charge in [0.25, 0.3) is 5.91 Å². The molecule has 0 fully saturated rings. The van der Waals surface area contributed by atoms with Crippen LogP contribution in [-0.2, 0) is 11.2 Å².